The molecule has 0 aliphatic heterocycles. The first-order chi connectivity index (χ1) is 42.7. The van der Waals surface area contributed by atoms with Crippen LogP contribution in [0.1, 0.15) is 336 Å². The van der Waals surface area contributed by atoms with Gasteiger partial charge in [-0.25, -0.2) is 9.13 Å². The Morgan fingerprint density at radius 1 is 0.318 bits per heavy atom. The SMILES string of the molecule is CCCCCC/C=C\C=C/CCCCCCCC(=O)O[C@H](COC(=O)CCCCCCCCCCCCCC)COP(=O)(O)OC[C@@H](O)COP(=O)(O)OC[C@@H](COC(=O)CCCCCCCCCCCC)OC(=O)CCCCCCCCCCCCC. The average Bonchev–Trinajstić information content (AvgIpc) is 3.69. The van der Waals surface area contributed by atoms with Gasteiger partial charge >= 0.3 is 39.5 Å². The molecule has 88 heavy (non-hydrogen) atoms. The van der Waals surface area contributed by atoms with Gasteiger partial charge in [-0.3, -0.25) is 37.3 Å². The van der Waals surface area contributed by atoms with E-state index in [1.54, 1.807) is 0 Å². The van der Waals surface area contributed by atoms with E-state index in [4.69, 9.17) is 37.0 Å². The molecule has 0 amide bonds. The molecule has 0 aromatic rings. The van der Waals surface area contributed by atoms with Crippen molar-refractivity contribution in [2.45, 2.75) is 354 Å². The van der Waals surface area contributed by atoms with Crippen LogP contribution >= 0.6 is 15.6 Å². The van der Waals surface area contributed by atoms with Crippen molar-refractivity contribution >= 4 is 39.5 Å². The van der Waals surface area contributed by atoms with E-state index in [2.05, 4.69) is 52.0 Å². The van der Waals surface area contributed by atoms with E-state index in [1.165, 1.54) is 154 Å². The molecule has 3 N–H and O–H groups in total. The first-order valence-corrected chi connectivity index (χ1v) is 38.6. The summed E-state index contributed by atoms with van der Waals surface area (Å²) in [6.07, 6.45) is 53.3. The Morgan fingerprint density at radius 2 is 0.545 bits per heavy atom. The van der Waals surface area contributed by atoms with E-state index < -0.39 is 97.5 Å². The molecular weight excluding hydrogens is 1160 g/mol. The van der Waals surface area contributed by atoms with Crippen LogP contribution < -0.4 is 0 Å². The average molecular weight is 1290 g/mol. The van der Waals surface area contributed by atoms with Crippen LogP contribution in [0.2, 0.25) is 0 Å². The van der Waals surface area contributed by atoms with Crippen molar-refractivity contribution in [3.63, 3.8) is 0 Å². The molecule has 0 spiro atoms. The van der Waals surface area contributed by atoms with Gasteiger partial charge in [-0.2, -0.15) is 0 Å². The van der Waals surface area contributed by atoms with Gasteiger partial charge < -0.3 is 33.8 Å². The van der Waals surface area contributed by atoms with E-state index in [0.717, 1.165) is 103 Å². The van der Waals surface area contributed by atoms with Gasteiger partial charge in [0.25, 0.3) is 0 Å². The molecule has 19 heteroatoms. The summed E-state index contributed by atoms with van der Waals surface area (Å²) in [4.78, 5) is 72.4. The van der Waals surface area contributed by atoms with Gasteiger partial charge in [0.2, 0.25) is 0 Å². The Balaban J connectivity index is 5.28. The third-order valence-corrected chi connectivity index (χ3v) is 17.4. The molecule has 0 radical (unpaired) electrons. The first-order valence-electron chi connectivity index (χ1n) is 35.6. The summed E-state index contributed by atoms with van der Waals surface area (Å²) in [5, 5.41) is 10.6. The van der Waals surface area contributed by atoms with Crippen LogP contribution in [-0.4, -0.2) is 96.7 Å². The van der Waals surface area contributed by atoms with Crippen LogP contribution in [0.15, 0.2) is 24.3 Å². The zero-order valence-electron chi connectivity index (χ0n) is 56.2. The number of hydrogen-bond donors (Lipinski definition) is 3. The second-order valence-corrected chi connectivity index (χ2v) is 27.1. The number of carbonyl (C=O) groups excluding carboxylic acids is 4. The van der Waals surface area contributed by atoms with Crippen LogP contribution in [-0.2, 0) is 65.4 Å². The Labute approximate surface area is 535 Å². The van der Waals surface area contributed by atoms with Gasteiger partial charge in [0.15, 0.2) is 12.2 Å². The number of hydrogen-bond acceptors (Lipinski definition) is 15. The lowest BCUT2D eigenvalue weighted by Gasteiger charge is -2.21. The molecule has 0 saturated carbocycles. The third-order valence-electron chi connectivity index (χ3n) is 15.5. The number of aliphatic hydroxyl groups excluding tert-OH is 1. The number of allylic oxidation sites excluding steroid dienone is 4. The minimum atomic E-state index is -4.96. The standard InChI is InChI=1S/C69H130O17P2/c1-5-9-13-17-21-25-29-31-32-33-36-40-44-48-52-56-69(74)86-65(60-80-67(72)54-50-46-42-38-35-30-26-22-18-14-10-6-2)62-84-88(77,78)82-58-63(70)57-81-87(75,76)83-61-64(59-79-66(71)53-49-45-41-37-28-24-20-16-12-8-4)85-68(73)55-51-47-43-39-34-27-23-19-15-11-7-3/h25,29,31-32,63-65,70H,5-24,26-28,30,33-62H2,1-4H3,(H,75,76)(H,77,78)/b29-25-,32-31-/t63-,64+,65+/m0/s1. The highest BCUT2D eigenvalue weighted by molar-refractivity contribution is 7.47. The molecule has 518 valence electrons. The number of aliphatic hydroxyl groups is 1. The molecule has 2 unspecified atom stereocenters. The normalized spacial score (nSPS) is 14.2. The fourth-order valence-electron chi connectivity index (χ4n) is 9.98. The van der Waals surface area contributed by atoms with Gasteiger partial charge in [-0.1, -0.05) is 283 Å². The lowest BCUT2D eigenvalue weighted by atomic mass is 10.0. The van der Waals surface area contributed by atoms with Crippen LogP contribution in [0.5, 0.6) is 0 Å². The lowest BCUT2D eigenvalue weighted by Crippen LogP contribution is -2.30. The largest absolute Gasteiger partial charge is 0.472 e. The van der Waals surface area contributed by atoms with Crippen molar-refractivity contribution in [2.24, 2.45) is 0 Å². The predicted octanol–water partition coefficient (Wildman–Crippen LogP) is 19.4. The number of rotatable bonds is 68. The second-order valence-electron chi connectivity index (χ2n) is 24.2. The molecule has 0 bridgehead atoms. The Bertz CT molecular complexity index is 1780. The van der Waals surface area contributed by atoms with E-state index >= 15 is 0 Å². The minimum absolute atomic E-state index is 0.0857. The van der Waals surface area contributed by atoms with Crippen molar-refractivity contribution in [3.8, 4) is 0 Å². The highest BCUT2D eigenvalue weighted by Gasteiger charge is 2.30. The van der Waals surface area contributed by atoms with Crippen molar-refractivity contribution in [3.05, 3.63) is 24.3 Å². The number of phosphoric acid groups is 2. The highest BCUT2D eigenvalue weighted by atomic mass is 31.2. The molecule has 5 atom stereocenters. The molecule has 0 aliphatic carbocycles. The first kappa shape index (κ1) is 85.5. The molecule has 0 aromatic heterocycles. The lowest BCUT2D eigenvalue weighted by molar-refractivity contribution is -0.161. The predicted molar refractivity (Wildman–Crippen MR) is 354 cm³/mol. The van der Waals surface area contributed by atoms with Crippen LogP contribution in [0.25, 0.3) is 0 Å². The Hall–Kier alpha value is -2.46. The smallest absolute Gasteiger partial charge is 0.462 e. The van der Waals surface area contributed by atoms with E-state index in [0.29, 0.717) is 25.7 Å². The molecular formula is C69H130O17P2. The van der Waals surface area contributed by atoms with Crippen molar-refractivity contribution < 1.29 is 80.2 Å². The molecule has 17 nitrogen and oxygen atoms in total. The third kappa shape index (κ3) is 62.4. The Kier molecular flexibility index (Phi) is 61.5. The summed E-state index contributed by atoms with van der Waals surface area (Å²) < 4.78 is 68.2. The number of unbranched alkanes of at least 4 members (excludes halogenated alkanes) is 39. The summed E-state index contributed by atoms with van der Waals surface area (Å²) in [6, 6.07) is 0. The van der Waals surface area contributed by atoms with E-state index in [9.17, 15) is 43.2 Å². The van der Waals surface area contributed by atoms with Crippen molar-refractivity contribution in [1.82, 2.24) is 0 Å². The quantitative estimate of drug-likeness (QED) is 0.0169. The molecule has 0 aliphatic rings. The number of esters is 4. The molecule has 0 rings (SSSR count). The molecule has 0 heterocycles. The maximum Gasteiger partial charge on any atom is 0.472 e. The second kappa shape index (κ2) is 63.3. The molecule has 0 aromatic carbocycles. The fraction of sp³-hybridized carbons (Fsp3) is 0.884. The molecule has 0 fully saturated rings. The number of phosphoric ester groups is 2. The van der Waals surface area contributed by atoms with E-state index in [1.807, 2.05) is 0 Å². The van der Waals surface area contributed by atoms with Gasteiger partial charge in [0.05, 0.1) is 26.4 Å². The van der Waals surface area contributed by atoms with Crippen molar-refractivity contribution in [1.29, 1.82) is 0 Å². The summed E-state index contributed by atoms with van der Waals surface area (Å²) in [7, 11) is -9.91. The topological polar surface area (TPSA) is 237 Å². The summed E-state index contributed by atoms with van der Waals surface area (Å²) in [6.45, 7) is 4.86. The highest BCUT2D eigenvalue weighted by Crippen LogP contribution is 2.45. The maximum absolute atomic E-state index is 13.0. The van der Waals surface area contributed by atoms with Crippen molar-refractivity contribution in [2.75, 3.05) is 39.6 Å². The van der Waals surface area contributed by atoms with Crippen LogP contribution in [0.3, 0.4) is 0 Å². The minimum Gasteiger partial charge on any atom is -0.462 e. The summed E-state index contributed by atoms with van der Waals surface area (Å²) >= 11 is 0. The monoisotopic (exact) mass is 1290 g/mol. The van der Waals surface area contributed by atoms with Gasteiger partial charge in [0.1, 0.15) is 19.3 Å². The zero-order chi connectivity index (χ0) is 64.7. The van der Waals surface area contributed by atoms with Crippen LogP contribution in [0.4, 0.5) is 0 Å². The van der Waals surface area contributed by atoms with Gasteiger partial charge in [-0.15, -0.1) is 0 Å². The fourth-order valence-corrected chi connectivity index (χ4v) is 11.6. The number of ether oxygens (including phenoxy) is 4. The van der Waals surface area contributed by atoms with E-state index in [-0.39, 0.29) is 25.7 Å². The van der Waals surface area contributed by atoms with Gasteiger partial charge in [0, 0.05) is 25.7 Å². The maximum atomic E-state index is 13.0. The summed E-state index contributed by atoms with van der Waals surface area (Å²) in [5.41, 5.74) is 0. The zero-order valence-corrected chi connectivity index (χ0v) is 58.0. The van der Waals surface area contributed by atoms with Crippen LogP contribution in [0, 0.1) is 0 Å². The number of carbonyl (C=O) groups is 4. The summed E-state index contributed by atoms with van der Waals surface area (Å²) in [5.74, 6) is -2.15. The van der Waals surface area contributed by atoms with Gasteiger partial charge in [-0.05, 0) is 51.4 Å². The Morgan fingerprint density at radius 3 is 0.830 bits per heavy atom. The molecule has 0 saturated heterocycles.